The highest BCUT2D eigenvalue weighted by atomic mass is 16.7. The summed E-state index contributed by atoms with van der Waals surface area (Å²) in [6.45, 7) is 4.87. The fourth-order valence-corrected chi connectivity index (χ4v) is 2.99. The molecule has 1 aromatic carbocycles. The third-order valence-electron chi connectivity index (χ3n) is 4.24. The van der Waals surface area contributed by atoms with Crippen molar-refractivity contribution in [3.63, 3.8) is 0 Å². The molecule has 1 aromatic heterocycles. The Balaban J connectivity index is 1.69. The minimum atomic E-state index is 0.384. The number of hydrogen-bond acceptors (Lipinski definition) is 3. The molecular formula is C17H23N3O. The zero-order chi connectivity index (χ0) is 14.7. The van der Waals surface area contributed by atoms with Gasteiger partial charge in [-0.15, -0.1) is 0 Å². The molecule has 0 saturated heterocycles. The van der Waals surface area contributed by atoms with Crippen LogP contribution in [0.4, 0.5) is 0 Å². The van der Waals surface area contributed by atoms with Crippen molar-refractivity contribution in [1.82, 2.24) is 15.3 Å². The SMILES string of the molecule is Cc1nn(-c2ccccc2)c(C)c1CNOC1CCCC1. The summed E-state index contributed by atoms with van der Waals surface area (Å²) in [4.78, 5) is 5.74. The predicted molar refractivity (Wildman–Crippen MR) is 83.2 cm³/mol. The van der Waals surface area contributed by atoms with E-state index >= 15 is 0 Å². The smallest absolute Gasteiger partial charge is 0.0790 e. The van der Waals surface area contributed by atoms with Gasteiger partial charge < -0.3 is 0 Å². The minimum Gasteiger partial charge on any atom is -0.298 e. The van der Waals surface area contributed by atoms with Crippen molar-refractivity contribution < 1.29 is 4.84 Å². The van der Waals surface area contributed by atoms with Gasteiger partial charge in [0, 0.05) is 17.8 Å². The lowest BCUT2D eigenvalue weighted by Crippen LogP contribution is -2.21. The average Bonchev–Trinajstić information content (AvgIpc) is 3.11. The summed E-state index contributed by atoms with van der Waals surface area (Å²) < 4.78 is 2.00. The van der Waals surface area contributed by atoms with Crippen molar-refractivity contribution in [3.8, 4) is 5.69 Å². The van der Waals surface area contributed by atoms with Crippen LogP contribution in [-0.2, 0) is 11.4 Å². The molecule has 2 aromatic rings. The first-order valence-electron chi connectivity index (χ1n) is 7.74. The van der Waals surface area contributed by atoms with Gasteiger partial charge in [-0.2, -0.15) is 10.6 Å². The Hall–Kier alpha value is -1.65. The fraction of sp³-hybridized carbons (Fsp3) is 0.471. The number of hydrogen-bond donors (Lipinski definition) is 1. The molecule has 0 amide bonds. The van der Waals surface area contributed by atoms with Gasteiger partial charge in [0.2, 0.25) is 0 Å². The van der Waals surface area contributed by atoms with E-state index in [1.54, 1.807) is 0 Å². The number of nitrogens with zero attached hydrogens (tertiary/aromatic N) is 2. The number of hydroxylamine groups is 1. The van der Waals surface area contributed by atoms with Crippen LogP contribution in [0.2, 0.25) is 0 Å². The molecule has 0 bridgehead atoms. The van der Waals surface area contributed by atoms with E-state index in [9.17, 15) is 0 Å². The van der Waals surface area contributed by atoms with E-state index in [0.29, 0.717) is 12.6 Å². The second-order valence-corrected chi connectivity index (χ2v) is 5.74. The van der Waals surface area contributed by atoms with E-state index < -0.39 is 0 Å². The standard InChI is InChI=1S/C17H23N3O/c1-13-17(12-18-21-16-10-6-7-11-16)14(2)20(19-13)15-8-4-3-5-9-15/h3-5,8-9,16,18H,6-7,10-12H2,1-2H3. The molecule has 1 aliphatic carbocycles. The molecule has 1 fully saturated rings. The number of para-hydroxylation sites is 1. The van der Waals surface area contributed by atoms with Crippen LogP contribution in [0.25, 0.3) is 5.69 Å². The molecule has 0 aliphatic heterocycles. The first-order valence-corrected chi connectivity index (χ1v) is 7.74. The zero-order valence-electron chi connectivity index (χ0n) is 12.8. The Morgan fingerprint density at radius 2 is 1.90 bits per heavy atom. The van der Waals surface area contributed by atoms with E-state index in [2.05, 4.69) is 36.6 Å². The Kier molecular flexibility index (Phi) is 4.36. The van der Waals surface area contributed by atoms with Crippen LogP contribution in [0.1, 0.15) is 42.6 Å². The Labute approximate surface area is 126 Å². The van der Waals surface area contributed by atoms with E-state index in [1.807, 2.05) is 22.9 Å². The van der Waals surface area contributed by atoms with Crippen LogP contribution < -0.4 is 5.48 Å². The number of benzene rings is 1. The molecule has 0 radical (unpaired) electrons. The van der Waals surface area contributed by atoms with Crippen LogP contribution in [0.3, 0.4) is 0 Å². The summed E-state index contributed by atoms with van der Waals surface area (Å²) in [5.74, 6) is 0. The zero-order valence-corrected chi connectivity index (χ0v) is 12.8. The molecule has 1 aliphatic rings. The molecule has 0 spiro atoms. The summed E-state index contributed by atoms with van der Waals surface area (Å²) in [6.07, 6.45) is 5.31. The Morgan fingerprint density at radius 1 is 1.19 bits per heavy atom. The second kappa shape index (κ2) is 6.41. The van der Waals surface area contributed by atoms with Crippen LogP contribution in [-0.4, -0.2) is 15.9 Å². The molecule has 3 rings (SSSR count). The monoisotopic (exact) mass is 285 g/mol. The molecule has 4 nitrogen and oxygen atoms in total. The number of nitrogens with one attached hydrogen (secondary N) is 1. The highest BCUT2D eigenvalue weighted by Gasteiger charge is 2.17. The van der Waals surface area contributed by atoms with Crippen LogP contribution in [0, 0.1) is 13.8 Å². The number of aromatic nitrogens is 2. The van der Waals surface area contributed by atoms with Crippen molar-refractivity contribution in [3.05, 3.63) is 47.3 Å². The predicted octanol–water partition coefficient (Wildman–Crippen LogP) is 3.45. The van der Waals surface area contributed by atoms with E-state index in [-0.39, 0.29) is 0 Å². The summed E-state index contributed by atoms with van der Waals surface area (Å²) in [5.41, 5.74) is 7.68. The third kappa shape index (κ3) is 3.17. The normalized spacial score (nSPS) is 15.7. The van der Waals surface area contributed by atoms with Gasteiger partial charge in [-0.1, -0.05) is 31.0 Å². The van der Waals surface area contributed by atoms with Crippen molar-refractivity contribution >= 4 is 0 Å². The second-order valence-electron chi connectivity index (χ2n) is 5.74. The maximum absolute atomic E-state index is 5.74. The summed E-state index contributed by atoms with van der Waals surface area (Å²) in [7, 11) is 0. The van der Waals surface area contributed by atoms with Gasteiger partial charge in [0.05, 0.1) is 17.5 Å². The summed E-state index contributed by atoms with van der Waals surface area (Å²) in [6, 6.07) is 10.2. The summed E-state index contributed by atoms with van der Waals surface area (Å²) >= 11 is 0. The van der Waals surface area contributed by atoms with Crippen molar-refractivity contribution in [2.75, 3.05) is 0 Å². The molecule has 0 atom stereocenters. The largest absolute Gasteiger partial charge is 0.298 e. The minimum absolute atomic E-state index is 0.384. The third-order valence-corrected chi connectivity index (χ3v) is 4.24. The molecular weight excluding hydrogens is 262 g/mol. The molecule has 0 unspecified atom stereocenters. The van der Waals surface area contributed by atoms with Crippen LogP contribution >= 0.6 is 0 Å². The maximum Gasteiger partial charge on any atom is 0.0790 e. The Bertz CT molecular complexity index is 586. The van der Waals surface area contributed by atoms with Gasteiger partial charge in [0.25, 0.3) is 0 Å². The topological polar surface area (TPSA) is 39.1 Å². The van der Waals surface area contributed by atoms with Crippen LogP contribution in [0.15, 0.2) is 30.3 Å². The molecule has 112 valence electrons. The van der Waals surface area contributed by atoms with Crippen molar-refractivity contribution in [2.24, 2.45) is 0 Å². The first-order chi connectivity index (χ1) is 10.3. The number of rotatable bonds is 5. The lowest BCUT2D eigenvalue weighted by Gasteiger charge is -2.12. The fourth-order valence-electron chi connectivity index (χ4n) is 2.99. The lowest BCUT2D eigenvalue weighted by atomic mass is 10.2. The maximum atomic E-state index is 5.74. The molecule has 4 heteroatoms. The van der Waals surface area contributed by atoms with Gasteiger partial charge >= 0.3 is 0 Å². The summed E-state index contributed by atoms with van der Waals surface area (Å²) in [5, 5.41) is 4.65. The van der Waals surface area contributed by atoms with Crippen molar-refractivity contribution in [2.45, 2.75) is 52.2 Å². The van der Waals surface area contributed by atoms with Crippen LogP contribution in [0.5, 0.6) is 0 Å². The quantitative estimate of drug-likeness (QED) is 0.855. The molecule has 21 heavy (non-hydrogen) atoms. The van der Waals surface area contributed by atoms with Gasteiger partial charge in [0.15, 0.2) is 0 Å². The van der Waals surface area contributed by atoms with Gasteiger partial charge in [0.1, 0.15) is 0 Å². The molecule has 1 heterocycles. The molecule has 1 N–H and O–H groups in total. The van der Waals surface area contributed by atoms with Gasteiger partial charge in [-0.25, -0.2) is 4.68 Å². The van der Waals surface area contributed by atoms with Gasteiger partial charge in [-0.3, -0.25) is 4.84 Å². The lowest BCUT2D eigenvalue weighted by molar-refractivity contribution is -0.0245. The highest BCUT2D eigenvalue weighted by molar-refractivity contribution is 5.36. The Morgan fingerprint density at radius 3 is 2.62 bits per heavy atom. The van der Waals surface area contributed by atoms with E-state index in [4.69, 9.17) is 4.84 Å². The van der Waals surface area contributed by atoms with Gasteiger partial charge in [-0.05, 0) is 38.8 Å². The highest BCUT2D eigenvalue weighted by Crippen LogP contribution is 2.21. The first kappa shape index (κ1) is 14.3. The van der Waals surface area contributed by atoms with Crippen molar-refractivity contribution in [1.29, 1.82) is 0 Å². The average molecular weight is 285 g/mol. The molecule has 1 saturated carbocycles. The number of aryl methyl sites for hydroxylation is 1. The van der Waals surface area contributed by atoms with E-state index in [0.717, 1.165) is 11.4 Å². The van der Waals surface area contributed by atoms with E-state index in [1.165, 1.54) is 36.9 Å².